The molecule has 0 atom stereocenters. The molecule has 86 valence electrons. The number of hydrogen-bond acceptors (Lipinski definition) is 5. The minimum Gasteiger partial charge on any atom is -0.481 e. The topological polar surface area (TPSA) is 58.0 Å². The molecule has 0 spiro atoms. The Balaban J connectivity index is 2.07. The highest BCUT2D eigenvalue weighted by molar-refractivity contribution is 5.86. The molecule has 1 aromatic heterocycles. The highest BCUT2D eigenvalue weighted by atomic mass is 16.5. The molecule has 1 fully saturated rings. The summed E-state index contributed by atoms with van der Waals surface area (Å²) in [4.78, 5) is 6.31. The maximum absolute atomic E-state index is 8.67. The molecule has 0 bridgehead atoms. The normalized spacial score (nSPS) is 16.1. The Morgan fingerprint density at radius 2 is 2.19 bits per heavy atom. The lowest BCUT2D eigenvalue weighted by Crippen LogP contribution is -2.33. The SMILES string of the molecule is COc1cc(N2CCC(=NO)CC2)ccn1. The van der Waals surface area contributed by atoms with Crippen LogP contribution in [0.25, 0.3) is 0 Å². The van der Waals surface area contributed by atoms with Crippen molar-refractivity contribution in [2.24, 2.45) is 5.16 Å². The van der Waals surface area contributed by atoms with Gasteiger partial charge in [0.2, 0.25) is 5.88 Å². The van der Waals surface area contributed by atoms with Gasteiger partial charge in [-0.2, -0.15) is 0 Å². The molecule has 5 heteroatoms. The van der Waals surface area contributed by atoms with E-state index in [2.05, 4.69) is 15.0 Å². The molecule has 0 amide bonds. The summed E-state index contributed by atoms with van der Waals surface area (Å²) >= 11 is 0. The molecule has 0 aliphatic carbocycles. The summed E-state index contributed by atoms with van der Waals surface area (Å²) in [5, 5.41) is 11.9. The number of methoxy groups -OCH3 is 1. The monoisotopic (exact) mass is 221 g/mol. The van der Waals surface area contributed by atoms with Crippen LogP contribution in [0.3, 0.4) is 0 Å². The van der Waals surface area contributed by atoms with Crippen molar-refractivity contribution in [1.82, 2.24) is 4.98 Å². The highest BCUT2D eigenvalue weighted by Crippen LogP contribution is 2.21. The number of pyridine rings is 1. The number of ether oxygens (including phenoxy) is 1. The molecule has 1 aliphatic heterocycles. The first kappa shape index (κ1) is 10.7. The molecule has 2 rings (SSSR count). The van der Waals surface area contributed by atoms with E-state index in [1.165, 1.54) is 0 Å². The van der Waals surface area contributed by atoms with Crippen molar-refractivity contribution in [3.8, 4) is 5.88 Å². The average molecular weight is 221 g/mol. The average Bonchev–Trinajstić information content (AvgIpc) is 2.39. The fraction of sp³-hybridized carbons (Fsp3) is 0.455. The molecule has 1 aromatic rings. The molecule has 0 radical (unpaired) electrons. The zero-order valence-electron chi connectivity index (χ0n) is 9.26. The van der Waals surface area contributed by atoms with Gasteiger partial charge < -0.3 is 14.8 Å². The van der Waals surface area contributed by atoms with E-state index >= 15 is 0 Å². The smallest absolute Gasteiger partial charge is 0.214 e. The van der Waals surface area contributed by atoms with Crippen LogP contribution >= 0.6 is 0 Å². The number of oxime groups is 1. The summed E-state index contributed by atoms with van der Waals surface area (Å²) in [7, 11) is 1.61. The van der Waals surface area contributed by atoms with E-state index in [-0.39, 0.29) is 0 Å². The van der Waals surface area contributed by atoms with Gasteiger partial charge in [-0.15, -0.1) is 0 Å². The first-order chi connectivity index (χ1) is 7.83. The van der Waals surface area contributed by atoms with E-state index < -0.39 is 0 Å². The maximum Gasteiger partial charge on any atom is 0.214 e. The van der Waals surface area contributed by atoms with Gasteiger partial charge in [0.1, 0.15) is 0 Å². The molecule has 0 aromatic carbocycles. The van der Waals surface area contributed by atoms with Crippen molar-refractivity contribution in [3.05, 3.63) is 18.3 Å². The van der Waals surface area contributed by atoms with Crippen molar-refractivity contribution in [3.63, 3.8) is 0 Å². The second kappa shape index (κ2) is 4.83. The van der Waals surface area contributed by atoms with Crippen LogP contribution in [0.5, 0.6) is 5.88 Å². The number of rotatable bonds is 2. The van der Waals surface area contributed by atoms with E-state index in [4.69, 9.17) is 9.94 Å². The van der Waals surface area contributed by atoms with E-state index in [1.54, 1.807) is 13.3 Å². The van der Waals surface area contributed by atoms with Gasteiger partial charge in [-0.1, -0.05) is 5.16 Å². The Labute approximate surface area is 94.4 Å². The van der Waals surface area contributed by atoms with Gasteiger partial charge in [-0.3, -0.25) is 0 Å². The third-order valence-electron chi connectivity index (χ3n) is 2.77. The van der Waals surface area contributed by atoms with Crippen LogP contribution in [0, 0.1) is 0 Å². The third kappa shape index (κ3) is 2.24. The molecular formula is C11H15N3O2. The van der Waals surface area contributed by atoms with Crippen LogP contribution in [-0.4, -0.2) is 36.1 Å². The molecule has 2 heterocycles. The Bertz CT molecular complexity index is 383. The van der Waals surface area contributed by atoms with Crippen LogP contribution in [-0.2, 0) is 0 Å². The zero-order chi connectivity index (χ0) is 11.4. The number of piperidine rings is 1. The number of nitrogens with zero attached hydrogens (tertiary/aromatic N) is 3. The van der Waals surface area contributed by atoms with Crippen LogP contribution in [0.4, 0.5) is 5.69 Å². The van der Waals surface area contributed by atoms with Crippen LogP contribution in [0.15, 0.2) is 23.5 Å². The number of anilines is 1. The molecule has 16 heavy (non-hydrogen) atoms. The third-order valence-corrected chi connectivity index (χ3v) is 2.77. The van der Waals surface area contributed by atoms with Gasteiger partial charge >= 0.3 is 0 Å². The fourth-order valence-corrected chi connectivity index (χ4v) is 1.83. The van der Waals surface area contributed by atoms with Gasteiger partial charge in [0.25, 0.3) is 0 Å². The highest BCUT2D eigenvalue weighted by Gasteiger charge is 2.16. The summed E-state index contributed by atoms with van der Waals surface area (Å²) in [5.41, 5.74) is 1.97. The van der Waals surface area contributed by atoms with Gasteiger partial charge in [-0.25, -0.2) is 4.98 Å². The van der Waals surface area contributed by atoms with Crippen LogP contribution in [0.2, 0.25) is 0 Å². The van der Waals surface area contributed by atoms with E-state index in [1.807, 2.05) is 12.1 Å². The predicted molar refractivity (Wildman–Crippen MR) is 61.5 cm³/mol. The molecule has 1 aliphatic rings. The maximum atomic E-state index is 8.67. The first-order valence-electron chi connectivity index (χ1n) is 5.28. The van der Waals surface area contributed by atoms with Crippen molar-refractivity contribution in [2.75, 3.05) is 25.1 Å². The van der Waals surface area contributed by atoms with Crippen molar-refractivity contribution < 1.29 is 9.94 Å². The minimum absolute atomic E-state index is 0.624. The molecule has 5 nitrogen and oxygen atoms in total. The van der Waals surface area contributed by atoms with Gasteiger partial charge in [0, 0.05) is 43.9 Å². The quantitative estimate of drug-likeness (QED) is 0.607. The standard InChI is InChI=1S/C11H15N3O2/c1-16-11-8-10(2-5-12-11)14-6-3-9(13-15)4-7-14/h2,5,8,15H,3-4,6-7H2,1H3. The Morgan fingerprint density at radius 3 is 2.81 bits per heavy atom. The molecule has 0 saturated carbocycles. The second-order valence-electron chi connectivity index (χ2n) is 3.71. The first-order valence-corrected chi connectivity index (χ1v) is 5.28. The van der Waals surface area contributed by atoms with Crippen molar-refractivity contribution in [2.45, 2.75) is 12.8 Å². The van der Waals surface area contributed by atoms with Gasteiger partial charge in [0.15, 0.2) is 0 Å². The van der Waals surface area contributed by atoms with E-state index in [0.717, 1.165) is 37.3 Å². The summed E-state index contributed by atoms with van der Waals surface area (Å²) in [6.07, 6.45) is 3.35. The number of aromatic nitrogens is 1. The summed E-state index contributed by atoms with van der Waals surface area (Å²) in [6, 6.07) is 3.88. The van der Waals surface area contributed by atoms with E-state index in [9.17, 15) is 0 Å². The molecule has 1 N–H and O–H groups in total. The largest absolute Gasteiger partial charge is 0.481 e. The van der Waals surface area contributed by atoms with Crippen molar-refractivity contribution in [1.29, 1.82) is 0 Å². The second-order valence-corrected chi connectivity index (χ2v) is 3.71. The lowest BCUT2D eigenvalue weighted by Gasteiger charge is -2.29. The summed E-state index contributed by atoms with van der Waals surface area (Å²) in [6.45, 7) is 1.74. The van der Waals surface area contributed by atoms with E-state index in [0.29, 0.717) is 5.88 Å². The van der Waals surface area contributed by atoms with Crippen LogP contribution in [0.1, 0.15) is 12.8 Å². The number of hydrogen-bond donors (Lipinski definition) is 1. The summed E-state index contributed by atoms with van der Waals surface area (Å²) in [5.74, 6) is 0.624. The minimum atomic E-state index is 0.624. The van der Waals surface area contributed by atoms with Gasteiger partial charge in [-0.05, 0) is 6.07 Å². The zero-order valence-corrected chi connectivity index (χ0v) is 9.26. The Morgan fingerprint density at radius 1 is 1.44 bits per heavy atom. The fourth-order valence-electron chi connectivity index (χ4n) is 1.83. The Hall–Kier alpha value is -1.78. The molecular weight excluding hydrogens is 206 g/mol. The van der Waals surface area contributed by atoms with Crippen molar-refractivity contribution >= 4 is 11.4 Å². The Kier molecular flexibility index (Phi) is 3.24. The molecule has 1 saturated heterocycles. The summed E-state index contributed by atoms with van der Waals surface area (Å²) < 4.78 is 5.09. The van der Waals surface area contributed by atoms with Crippen LogP contribution < -0.4 is 9.64 Å². The predicted octanol–water partition coefficient (Wildman–Crippen LogP) is 1.52. The lowest BCUT2D eigenvalue weighted by atomic mass is 10.1. The van der Waals surface area contributed by atoms with Gasteiger partial charge in [0.05, 0.1) is 12.8 Å². The lowest BCUT2D eigenvalue weighted by molar-refractivity contribution is 0.315. The molecule has 0 unspecified atom stereocenters.